The van der Waals surface area contributed by atoms with Crippen LogP contribution in [0.15, 0.2) is 0 Å². The van der Waals surface area contributed by atoms with Crippen LogP contribution < -0.4 is 0 Å². The van der Waals surface area contributed by atoms with Gasteiger partial charge < -0.3 is 5.11 Å². The van der Waals surface area contributed by atoms with Crippen LogP contribution in [0.2, 0.25) is 0 Å². The van der Waals surface area contributed by atoms with Crippen molar-refractivity contribution in [1.29, 1.82) is 0 Å². The van der Waals surface area contributed by atoms with E-state index in [1.165, 1.54) is 6.26 Å². The van der Waals surface area contributed by atoms with E-state index in [1.54, 1.807) is 0 Å². The molecule has 2 nitrogen and oxygen atoms in total. The number of aliphatic hydroxyl groups is 1. The smallest absolute Gasteiger partial charge is 0.395 e. The molecule has 0 heterocycles. The van der Waals surface area contributed by atoms with Crippen LogP contribution in [0.5, 0.6) is 0 Å². The quantitative estimate of drug-likeness (QED) is 0.709. The first-order valence-corrected chi connectivity index (χ1v) is 4.63. The third kappa shape index (κ3) is 6.79. The standard InChI is InChI=1S/C4H8F3NOS2/c1-10-8(2-3-9)11-4(5,6)7/h9H,2-3H2,1H3. The second-order valence-electron chi connectivity index (χ2n) is 1.50. The summed E-state index contributed by atoms with van der Waals surface area (Å²) in [5.74, 6) is 0. The van der Waals surface area contributed by atoms with Crippen molar-refractivity contribution in [3.63, 3.8) is 0 Å². The van der Waals surface area contributed by atoms with Crippen molar-refractivity contribution in [3.8, 4) is 0 Å². The molecule has 0 aromatic rings. The first kappa shape index (κ1) is 11.4. The molecular formula is C4H8F3NOS2. The molecule has 0 aromatic heterocycles. The summed E-state index contributed by atoms with van der Waals surface area (Å²) in [7, 11) is 0. The van der Waals surface area contributed by atoms with Gasteiger partial charge in [-0.05, 0) is 6.26 Å². The molecule has 0 unspecified atom stereocenters. The Hall–Kier alpha value is 0.410. The van der Waals surface area contributed by atoms with Crippen LogP contribution in [0.1, 0.15) is 0 Å². The fraction of sp³-hybridized carbons (Fsp3) is 1.00. The molecule has 0 amide bonds. The van der Waals surface area contributed by atoms with Crippen LogP contribution in [0, 0.1) is 0 Å². The maximum Gasteiger partial charge on any atom is 0.457 e. The number of hydrogen-bond donors (Lipinski definition) is 1. The number of rotatable bonds is 4. The molecule has 1 N–H and O–H groups in total. The van der Waals surface area contributed by atoms with Gasteiger partial charge in [0, 0.05) is 18.5 Å². The van der Waals surface area contributed by atoms with Crippen molar-refractivity contribution in [2.45, 2.75) is 5.51 Å². The van der Waals surface area contributed by atoms with E-state index in [0.29, 0.717) is 0 Å². The van der Waals surface area contributed by atoms with E-state index < -0.39 is 5.51 Å². The van der Waals surface area contributed by atoms with Gasteiger partial charge in [0.15, 0.2) is 0 Å². The van der Waals surface area contributed by atoms with Crippen molar-refractivity contribution in [1.82, 2.24) is 3.71 Å². The summed E-state index contributed by atoms with van der Waals surface area (Å²) in [5.41, 5.74) is -4.27. The Labute approximate surface area is 71.4 Å². The monoisotopic (exact) mass is 207 g/mol. The third-order valence-corrected chi connectivity index (χ3v) is 2.55. The van der Waals surface area contributed by atoms with Crippen LogP contribution in [0.4, 0.5) is 13.2 Å². The number of halogens is 3. The highest BCUT2D eigenvalue weighted by atomic mass is 32.2. The Kier molecular flexibility index (Phi) is 5.32. The lowest BCUT2D eigenvalue weighted by molar-refractivity contribution is -0.0349. The Morgan fingerprint density at radius 2 is 2.00 bits per heavy atom. The largest absolute Gasteiger partial charge is 0.457 e. The highest BCUT2D eigenvalue weighted by Crippen LogP contribution is 2.35. The molecule has 7 heteroatoms. The predicted octanol–water partition coefficient (Wildman–Crippen LogP) is 1.73. The maximum absolute atomic E-state index is 11.6. The van der Waals surface area contributed by atoms with E-state index >= 15 is 0 Å². The zero-order valence-corrected chi connectivity index (χ0v) is 7.39. The molecule has 0 bridgehead atoms. The minimum atomic E-state index is -4.27. The van der Waals surface area contributed by atoms with Crippen LogP contribution in [-0.4, -0.2) is 33.7 Å². The number of hydrogen-bond acceptors (Lipinski definition) is 4. The Balaban J connectivity index is 3.68. The number of nitrogens with zero attached hydrogens (tertiary/aromatic N) is 1. The van der Waals surface area contributed by atoms with Gasteiger partial charge in [-0.25, -0.2) is 0 Å². The van der Waals surface area contributed by atoms with Gasteiger partial charge in [-0.15, -0.1) is 0 Å². The van der Waals surface area contributed by atoms with E-state index in [4.69, 9.17) is 5.11 Å². The second-order valence-corrected chi connectivity index (χ2v) is 3.62. The van der Waals surface area contributed by atoms with E-state index in [1.807, 2.05) is 0 Å². The highest BCUT2D eigenvalue weighted by molar-refractivity contribution is 8.12. The van der Waals surface area contributed by atoms with Gasteiger partial charge in [-0.2, -0.15) is 16.9 Å². The highest BCUT2D eigenvalue weighted by Gasteiger charge is 2.32. The normalized spacial score (nSPS) is 12.5. The van der Waals surface area contributed by atoms with E-state index in [-0.39, 0.29) is 25.1 Å². The lowest BCUT2D eigenvalue weighted by Crippen LogP contribution is -2.17. The van der Waals surface area contributed by atoms with Crippen LogP contribution in [0.25, 0.3) is 0 Å². The van der Waals surface area contributed by atoms with Crippen molar-refractivity contribution in [2.75, 3.05) is 19.4 Å². The summed E-state index contributed by atoms with van der Waals surface area (Å²) in [6.45, 7) is -0.269. The zero-order valence-electron chi connectivity index (χ0n) is 5.76. The first-order chi connectivity index (χ1) is 4.99. The van der Waals surface area contributed by atoms with Crippen LogP contribution in [-0.2, 0) is 0 Å². The summed E-state index contributed by atoms with van der Waals surface area (Å²) < 4.78 is 35.9. The topological polar surface area (TPSA) is 23.5 Å². The Morgan fingerprint density at radius 3 is 2.27 bits per heavy atom. The molecule has 68 valence electrons. The zero-order chi connectivity index (χ0) is 8.91. The number of aliphatic hydroxyl groups excluding tert-OH is 1. The number of alkyl halides is 3. The van der Waals surface area contributed by atoms with Crippen molar-refractivity contribution in [2.24, 2.45) is 0 Å². The lowest BCUT2D eigenvalue weighted by atomic mass is 10.8. The summed E-state index contributed by atoms with van der Waals surface area (Å²) in [5, 5.41) is 8.33. The summed E-state index contributed by atoms with van der Waals surface area (Å²) in [6, 6.07) is 0. The molecule has 0 aliphatic heterocycles. The molecule has 0 aromatic carbocycles. The van der Waals surface area contributed by atoms with Gasteiger partial charge in [0.25, 0.3) is 0 Å². The Bertz CT molecular complexity index is 110. The van der Waals surface area contributed by atoms with E-state index in [0.717, 1.165) is 15.7 Å². The fourth-order valence-electron chi connectivity index (χ4n) is 0.371. The van der Waals surface area contributed by atoms with E-state index in [9.17, 15) is 13.2 Å². The maximum atomic E-state index is 11.6. The van der Waals surface area contributed by atoms with Crippen LogP contribution in [0.3, 0.4) is 0 Å². The molecule has 0 spiro atoms. The minimum absolute atomic E-state index is 0.00530. The first-order valence-electron chi connectivity index (χ1n) is 2.68. The molecule has 0 aliphatic carbocycles. The van der Waals surface area contributed by atoms with Gasteiger partial charge in [0.1, 0.15) is 0 Å². The van der Waals surface area contributed by atoms with Gasteiger partial charge >= 0.3 is 5.51 Å². The Morgan fingerprint density at radius 1 is 1.45 bits per heavy atom. The third-order valence-electron chi connectivity index (χ3n) is 0.692. The second kappa shape index (κ2) is 5.13. The SMILES string of the molecule is CSN(CCO)SC(F)(F)F. The van der Waals surface area contributed by atoms with Crippen molar-refractivity contribution in [3.05, 3.63) is 0 Å². The van der Waals surface area contributed by atoms with E-state index in [2.05, 4.69) is 0 Å². The van der Waals surface area contributed by atoms with Gasteiger partial charge in [0.05, 0.1) is 6.61 Å². The fourth-order valence-corrected chi connectivity index (χ4v) is 1.59. The van der Waals surface area contributed by atoms with Crippen molar-refractivity contribution < 1.29 is 18.3 Å². The molecule has 0 radical (unpaired) electrons. The lowest BCUT2D eigenvalue weighted by Gasteiger charge is -2.17. The molecule has 0 rings (SSSR count). The molecular weight excluding hydrogens is 199 g/mol. The average Bonchev–Trinajstić information content (AvgIpc) is 1.84. The molecule has 0 saturated carbocycles. The summed E-state index contributed by atoms with van der Waals surface area (Å²) in [4.78, 5) is 0. The summed E-state index contributed by atoms with van der Waals surface area (Å²) in [6.07, 6.45) is 1.52. The van der Waals surface area contributed by atoms with Gasteiger partial charge in [-0.1, -0.05) is 11.9 Å². The van der Waals surface area contributed by atoms with Gasteiger partial charge in [-0.3, -0.25) is 0 Å². The van der Waals surface area contributed by atoms with Gasteiger partial charge in [0.2, 0.25) is 0 Å². The molecule has 0 fully saturated rings. The minimum Gasteiger partial charge on any atom is -0.395 e. The van der Waals surface area contributed by atoms with Crippen LogP contribution >= 0.6 is 23.9 Å². The van der Waals surface area contributed by atoms with Crippen molar-refractivity contribution >= 4 is 23.9 Å². The molecule has 0 atom stereocenters. The molecule has 0 aliphatic rings. The predicted molar refractivity (Wildman–Crippen MR) is 41.0 cm³/mol. The summed E-state index contributed by atoms with van der Waals surface area (Å²) >= 11 is 0.700. The average molecular weight is 207 g/mol. The molecule has 0 saturated heterocycles. The molecule has 11 heavy (non-hydrogen) atoms.